The third kappa shape index (κ3) is 5.38. The van der Waals surface area contributed by atoms with Gasteiger partial charge in [0, 0.05) is 27.9 Å². The van der Waals surface area contributed by atoms with E-state index in [1.54, 1.807) is 0 Å². The van der Waals surface area contributed by atoms with Crippen molar-refractivity contribution in [1.29, 1.82) is 0 Å². The number of benzene rings is 7. The maximum Gasteiger partial charge on any atom is 0.0468 e. The van der Waals surface area contributed by atoms with Crippen LogP contribution in [0.15, 0.2) is 164 Å². The van der Waals surface area contributed by atoms with Gasteiger partial charge in [0.15, 0.2) is 0 Å². The highest BCUT2D eigenvalue weighted by molar-refractivity contribution is 5.95. The molecule has 0 unspecified atom stereocenters. The topological polar surface area (TPSA) is 3.24 Å². The van der Waals surface area contributed by atoms with Gasteiger partial charge < -0.3 is 4.90 Å². The summed E-state index contributed by atoms with van der Waals surface area (Å²) < 4.78 is 0. The second-order valence-electron chi connectivity index (χ2n) is 15.2. The Labute approximate surface area is 303 Å². The molecule has 2 aliphatic rings. The zero-order valence-corrected chi connectivity index (χ0v) is 29.8. The average molecular weight is 660 g/mol. The fourth-order valence-corrected chi connectivity index (χ4v) is 9.30. The normalized spacial score (nSPS) is 15.9. The van der Waals surface area contributed by atoms with Crippen LogP contribution in [0.5, 0.6) is 0 Å². The van der Waals surface area contributed by atoms with E-state index in [0.29, 0.717) is 0 Å². The molecule has 51 heavy (non-hydrogen) atoms. The first-order valence-corrected chi connectivity index (χ1v) is 18.8. The highest BCUT2D eigenvalue weighted by Gasteiger charge is 2.38. The third-order valence-corrected chi connectivity index (χ3v) is 12.0. The zero-order valence-electron chi connectivity index (χ0n) is 29.8. The molecule has 0 bridgehead atoms. The Morgan fingerprint density at radius 1 is 0.431 bits per heavy atom. The van der Waals surface area contributed by atoms with Gasteiger partial charge in [-0.05, 0) is 105 Å². The van der Waals surface area contributed by atoms with Gasteiger partial charge in [0.1, 0.15) is 0 Å². The molecule has 0 spiro atoms. The monoisotopic (exact) mass is 659 g/mol. The van der Waals surface area contributed by atoms with Crippen LogP contribution in [-0.2, 0) is 10.8 Å². The maximum atomic E-state index is 2.47. The maximum absolute atomic E-state index is 2.47. The summed E-state index contributed by atoms with van der Waals surface area (Å²) in [5.74, 6) is 0. The van der Waals surface area contributed by atoms with Crippen LogP contribution in [0, 0.1) is 0 Å². The van der Waals surface area contributed by atoms with E-state index in [-0.39, 0.29) is 10.8 Å². The fourth-order valence-electron chi connectivity index (χ4n) is 9.30. The smallest absolute Gasteiger partial charge is 0.0468 e. The third-order valence-electron chi connectivity index (χ3n) is 12.0. The molecule has 9 rings (SSSR count). The Hall–Kier alpha value is -5.40. The predicted molar refractivity (Wildman–Crippen MR) is 217 cm³/mol. The van der Waals surface area contributed by atoms with Crippen molar-refractivity contribution in [3.05, 3.63) is 186 Å². The van der Waals surface area contributed by atoms with Gasteiger partial charge >= 0.3 is 0 Å². The Bertz CT molecular complexity index is 2320. The second-order valence-corrected chi connectivity index (χ2v) is 15.2. The first-order chi connectivity index (χ1) is 25.0. The summed E-state index contributed by atoms with van der Waals surface area (Å²) in [7, 11) is 0. The molecule has 1 nitrogen and oxygen atoms in total. The molecule has 0 amide bonds. The molecule has 0 aromatic heterocycles. The van der Waals surface area contributed by atoms with Crippen molar-refractivity contribution in [3.8, 4) is 22.3 Å². The molecule has 0 radical (unpaired) electrons. The van der Waals surface area contributed by atoms with Gasteiger partial charge in [0.25, 0.3) is 0 Å². The van der Waals surface area contributed by atoms with Crippen LogP contribution in [0.3, 0.4) is 0 Å². The van der Waals surface area contributed by atoms with Crippen LogP contribution in [0.1, 0.15) is 74.6 Å². The van der Waals surface area contributed by atoms with E-state index in [1.807, 2.05) is 0 Å². The fraction of sp³-hybridized carbons (Fsp3) is 0.200. The van der Waals surface area contributed by atoms with Crippen molar-refractivity contribution in [2.75, 3.05) is 4.90 Å². The number of rotatable bonds is 6. The first-order valence-electron chi connectivity index (χ1n) is 18.8. The van der Waals surface area contributed by atoms with Gasteiger partial charge in [-0.2, -0.15) is 0 Å². The number of hydrogen-bond donors (Lipinski definition) is 0. The molecule has 0 aliphatic heterocycles. The second kappa shape index (κ2) is 12.7. The largest absolute Gasteiger partial charge is 0.310 e. The lowest BCUT2D eigenvalue weighted by Gasteiger charge is -2.35. The highest BCUT2D eigenvalue weighted by atomic mass is 15.1. The Morgan fingerprint density at radius 3 is 1.78 bits per heavy atom. The van der Waals surface area contributed by atoms with Crippen molar-refractivity contribution in [1.82, 2.24) is 0 Å². The summed E-state index contributed by atoms with van der Waals surface area (Å²) in [6.45, 7) is 4.78. The molecule has 1 saturated carbocycles. The van der Waals surface area contributed by atoms with Crippen LogP contribution >= 0.6 is 0 Å². The molecule has 0 saturated heterocycles. The summed E-state index contributed by atoms with van der Waals surface area (Å²) in [6, 6.07) is 61.4. The predicted octanol–water partition coefficient (Wildman–Crippen LogP) is 13.9. The molecule has 0 N–H and O–H groups in total. The average Bonchev–Trinajstić information content (AvgIpc) is 3.32. The SMILES string of the molecule is CC1(C)c2cc(N(c3ccc(C4(c5ccccc5)CCCCCC4)cc3)c3ccc4ccccc4c3)ccc2-c2c(-c3ccccc3)cccc21. The molecular formula is C50H45N. The minimum Gasteiger partial charge on any atom is -0.310 e. The molecule has 0 heterocycles. The van der Waals surface area contributed by atoms with Crippen molar-refractivity contribution >= 4 is 27.8 Å². The number of anilines is 3. The summed E-state index contributed by atoms with van der Waals surface area (Å²) >= 11 is 0. The van der Waals surface area contributed by atoms with Crippen LogP contribution in [0.4, 0.5) is 17.1 Å². The molecule has 250 valence electrons. The van der Waals surface area contributed by atoms with E-state index < -0.39 is 0 Å². The molecule has 7 aromatic rings. The van der Waals surface area contributed by atoms with Crippen LogP contribution in [0.25, 0.3) is 33.0 Å². The van der Waals surface area contributed by atoms with Gasteiger partial charge in [-0.1, -0.05) is 167 Å². The van der Waals surface area contributed by atoms with Crippen molar-refractivity contribution in [2.24, 2.45) is 0 Å². The highest BCUT2D eigenvalue weighted by Crippen LogP contribution is 2.54. The summed E-state index contributed by atoms with van der Waals surface area (Å²) in [4.78, 5) is 2.47. The Balaban J connectivity index is 1.19. The van der Waals surface area contributed by atoms with Crippen LogP contribution in [-0.4, -0.2) is 0 Å². The van der Waals surface area contributed by atoms with Crippen molar-refractivity contribution in [2.45, 2.75) is 63.2 Å². The Morgan fingerprint density at radius 2 is 1.04 bits per heavy atom. The molecule has 7 aromatic carbocycles. The van der Waals surface area contributed by atoms with E-state index >= 15 is 0 Å². The van der Waals surface area contributed by atoms with E-state index in [9.17, 15) is 0 Å². The van der Waals surface area contributed by atoms with Gasteiger partial charge in [-0.3, -0.25) is 0 Å². The molecule has 1 fully saturated rings. The van der Waals surface area contributed by atoms with Gasteiger partial charge in [0.2, 0.25) is 0 Å². The van der Waals surface area contributed by atoms with Crippen molar-refractivity contribution in [3.63, 3.8) is 0 Å². The van der Waals surface area contributed by atoms with E-state index in [2.05, 4.69) is 183 Å². The van der Waals surface area contributed by atoms with Crippen molar-refractivity contribution < 1.29 is 0 Å². The lowest BCUT2D eigenvalue weighted by Crippen LogP contribution is -2.27. The minimum atomic E-state index is -0.133. The minimum absolute atomic E-state index is 0.0594. The molecule has 1 heteroatoms. The quantitative estimate of drug-likeness (QED) is 0.161. The van der Waals surface area contributed by atoms with E-state index in [4.69, 9.17) is 0 Å². The van der Waals surface area contributed by atoms with Crippen LogP contribution < -0.4 is 4.90 Å². The lowest BCUT2D eigenvalue weighted by molar-refractivity contribution is 0.446. The summed E-state index contributed by atoms with van der Waals surface area (Å²) in [6.07, 6.45) is 7.62. The van der Waals surface area contributed by atoms with Gasteiger partial charge in [-0.15, -0.1) is 0 Å². The van der Waals surface area contributed by atoms with Gasteiger partial charge in [-0.25, -0.2) is 0 Å². The standard InChI is InChI=1S/C50H45N/c1-49(2)46-23-15-22-44(37-17-7-5-8-18-37)48(46)45-31-30-43(35-47(45)49)51(42-27-24-36-16-11-12-19-38(36)34-42)41-28-25-40(26-29-41)50(32-13-3-4-14-33-50)39-20-9-6-10-21-39/h5-12,15-31,34-35H,3-4,13-14,32-33H2,1-2H3. The number of nitrogens with zero attached hydrogens (tertiary/aromatic N) is 1. The van der Waals surface area contributed by atoms with E-state index in [1.165, 1.54) is 111 Å². The first kappa shape index (κ1) is 31.6. The van der Waals surface area contributed by atoms with Gasteiger partial charge in [0.05, 0.1) is 0 Å². The number of fused-ring (bicyclic) bond motifs is 4. The van der Waals surface area contributed by atoms with Crippen LogP contribution in [0.2, 0.25) is 0 Å². The lowest BCUT2D eigenvalue weighted by atomic mass is 9.69. The molecule has 0 atom stereocenters. The Kier molecular flexibility index (Phi) is 7.88. The molecular weight excluding hydrogens is 615 g/mol. The number of hydrogen-bond acceptors (Lipinski definition) is 1. The molecule has 2 aliphatic carbocycles. The zero-order chi connectivity index (χ0) is 34.4. The summed E-state index contributed by atoms with van der Waals surface area (Å²) in [5, 5.41) is 2.51. The van der Waals surface area contributed by atoms with E-state index in [0.717, 1.165) is 0 Å². The summed E-state index contributed by atoms with van der Waals surface area (Å²) in [5.41, 5.74) is 14.4.